The molecule has 1 N–H and O–H groups in total. The summed E-state index contributed by atoms with van der Waals surface area (Å²) in [5, 5.41) is 17.3. The molecule has 0 amide bonds. The molecule has 3 rings (SSSR count). The fourth-order valence-electron chi connectivity index (χ4n) is 2.51. The number of carbonyl (C=O) groups is 1. The van der Waals surface area contributed by atoms with Gasteiger partial charge in [0.1, 0.15) is 0 Å². The van der Waals surface area contributed by atoms with E-state index < -0.39 is 5.97 Å². The number of nitrogens with zero attached hydrogens (tertiary/aromatic N) is 3. The van der Waals surface area contributed by atoms with Crippen LogP contribution in [0.2, 0.25) is 0 Å². The number of benzene rings is 1. The minimum absolute atomic E-state index is 0.284. The Morgan fingerprint density at radius 3 is 2.79 bits per heavy atom. The second kappa shape index (κ2) is 4.50. The van der Waals surface area contributed by atoms with E-state index in [9.17, 15) is 4.79 Å². The summed E-state index contributed by atoms with van der Waals surface area (Å²) in [4.78, 5) is 10.8. The smallest absolute Gasteiger partial charge is 0.335 e. The van der Waals surface area contributed by atoms with Gasteiger partial charge in [-0.3, -0.25) is 0 Å². The predicted molar refractivity (Wildman–Crippen MR) is 69.5 cm³/mol. The van der Waals surface area contributed by atoms with Gasteiger partial charge in [-0.25, -0.2) is 9.48 Å². The second-order valence-corrected chi connectivity index (χ2v) is 5.09. The highest BCUT2D eigenvalue weighted by atomic mass is 16.4. The average Bonchev–Trinajstić information content (AvgIpc) is 2.81. The lowest BCUT2D eigenvalue weighted by molar-refractivity contribution is 0.0697. The highest BCUT2D eigenvalue weighted by Gasteiger charge is 2.21. The molecule has 0 bridgehead atoms. The van der Waals surface area contributed by atoms with Gasteiger partial charge in [0.15, 0.2) is 0 Å². The molecule has 1 atom stereocenters. The molecule has 2 aromatic rings. The quantitative estimate of drug-likeness (QED) is 0.894. The Labute approximate surface area is 110 Å². The van der Waals surface area contributed by atoms with Crippen LogP contribution in [0.5, 0.6) is 0 Å². The van der Waals surface area contributed by atoms with Crippen LogP contribution in [-0.2, 0) is 12.8 Å². The summed E-state index contributed by atoms with van der Waals surface area (Å²) >= 11 is 0. The minimum atomic E-state index is -0.916. The Balaban J connectivity index is 1.97. The number of hydrogen-bond donors (Lipinski definition) is 1. The van der Waals surface area contributed by atoms with E-state index in [1.165, 1.54) is 0 Å². The third-order valence-electron chi connectivity index (χ3n) is 3.62. The first-order valence-corrected chi connectivity index (χ1v) is 6.42. The van der Waals surface area contributed by atoms with Gasteiger partial charge in [-0.05, 0) is 49.4 Å². The number of carboxylic acids is 1. The predicted octanol–water partition coefficient (Wildman–Crippen LogP) is 2.09. The maximum atomic E-state index is 10.8. The van der Waals surface area contributed by atoms with Crippen molar-refractivity contribution in [2.75, 3.05) is 0 Å². The molecule has 1 aromatic carbocycles. The first kappa shape index (κ1) is 11.9. The summed E-state index contributed by atoms with van der Waals surface area (Å²) in [5.74, 6) is -0.256. The van der Waals surface area contributed by atoms with E-state index in [1.54, 1.807) is 24.3 Å². The normalized spacial score (nSPS) is 18.1. The summed E-state index contributed by atoms with van der Waals surface area (Å²) < 4.78 is 1.83. The fourth-order valence-corrected chi connectivity index (χ4v) is 2.51. The van der Waals surface area contributed by atoms with Gasteiger partial charge in [0.05, 0.1) is 22.6 Å². The molecule has 0 fully saturated rings. The van der Waals surface area contributed by atoms with Crippen molar-refractivity contribution in [3.05, 3.63) is 41.2 Å². The van der Waals surface area contributed by atoms with Crippen molar-refractivity contribution in [2.45, 2.75) is 26.2 Å². The van der Waals surface area contributed by atoms with Gasteiger partial charge in [0.25, 0.3) is 0 Å². The molecule has 5 heteroatoms. The van der Waals surface area contributed by atoms with E-state index in [4.69, 9.17) is 5.11 Å². The average molecular weight is 257 g/mol. The lowest BCUT2D eigenvalue weighted by Crippen LogP contribution is -2.13. The molecule has 1 aliphatic rings. The first-order chi connectivity index (χ1) is 9.15. The third-order valence-corrected chi connectivity index (χ3v) is 3.62. The van der Waals surface area contributed by atoms with Gasteiger partial charge in [-0.15, -0.1) is 5.10 Å². The maximum Gasteiger partial charge on any atom is 0.335 e. The van der Waals surface area contributed by atoms with Crippen LogP contribution < -0.4 is 0 Å². The first-order valence-electron chi connectivity index (χ1n) is 6.42. The summed E-state index contributed by atoms with van der Waals surface area (Å²) in [5.41, 5.74) is 3.38. The standard InChI is InChI=1S/C14H15N3O2/c1-9-2-7-13-12(8-9)15-16-17(13)11-5-3-10(4-6-11)14(18)19/h3-6,9H,2,7-8H2,1H3,(H,18,19). The summed E-state index contributed by atoms with van der Waals surface area (Å²) in [7, 11) is 0. The Bertz CT molecular complexity index is 616. The SMILES string of the molecule is CC1CCc2c(nnn2-c2ccc(C(=O)O)cc2)C1. The zero-order valence-corrected chi connectivity index (χ0v) is 10.7. The minimum Gasteiger partial charge on any atom is -0.478 e. The number of aromatic nitrogens is 3. The van der Waals surface area contributed by atoms with Gasteiger partial charge in [0.2, 0.25) is 0 Å². The van der Waals surface area contributed by atoms with Crippen molar-refractivity contribution in [1.29, 1.82) is 0 Å². The monoisotopic (exact) mass is 257 g/mol. The topological polar surface area (TPSA) is 68.0 Å². The highest BCUT2D eigenvalue weighted by Crippen LogP contribution is 2.25. The zero-order valence-electron chi connectivity index (χ0n) is 10.7. The molecule has 1 aromatic heterocycles. The second-order valence-electron chi connectivity index (χ2n) is 5.09. The Kier molecular flexibility index (Phi) is 2.81. The number of rotatable bonds is 2. The van der Waals surface area contributed by atoms with Gasteiger partial charge >= 0.3 is 5.97 Å². The molecule has 0 spiro atoms. The van der Waals surface area contributed by atoms with Gasteiger partial charge in [0, 0.05) is 0 Å². The molecule has 1 heterocycles. The summed E-state index contributed by atoms with van der Waals surface area (Å²) in [6.07, 6.45) is 3.10. The van der Waals surface area contributed by atoms with E-state index in [1.807, 2.05) is 4.68 Å². The van der Waals surface area contributed by atoms with Crippen LogP contribution in [0.1, 0.15) is 35.1 Å². The lowest BCUT2D eigenvalue weighted by Gasteiger charge is -2.17. The molecule has 1 unspecified atom stereocenters. The maximum absolute atomic E-state index is 10.8. The van der Waals surface area contributed by atoms with E-state index >= 15 is 0 Å². The highest BCUT2D eigenvalue weighted by molar-refractivity contribution is 5.87. The molecule has 0 aliphatic heterocycles. The molecule has 0 radical (unpaired) electrons. The van der Waals surface area contributed by atoms with E-state index in [0.29, 0.717) is 5.92 Å². The molecule has 0 saturated heterocycles. The van der Waals surface area contributed by atoms with Crippen LogP contribution in [0.3, 0.4) is 0 Å². The van der Waals surface area contributed by atoms with E-state index in [0.717, 1.165) is 36.3 Å². The number of carboxylic acid groups (broad SMARTS) is 1. The molecular formula is C14H15N3O2. The molecule has 5 nitrogen and oxygen atoms in total. The van der Waals surface area contributed by atoms with Crippen molar-refractivity contribution < 1.29 is 9.90 Å². The fraction of sp³-hybridized carbons (Fsp3) is 0.357. The third kappa shape index (κ3) is 2.12. The van der Waals surface area contributed by atoms with Gasteiger partial charge in [-0.2, -0.15) is 0 Å². The Morgan fingerprint density at radius 1 is 1.37 bits per heavy atom. The number of hydrogen-bond acceptors (Lipinski definition) is 3. The van der Waals surface area contributed by atoms with E-state index in [2.05, 4.69) is 17.2 Å². The zero-order chi connectivity index (χ0) is 13.4. The molecule has 1 aliphatic carbocycles. The molecule has 98 valence electrons. The van der Waals surface area contributed by atoms with Crippen LogP contribution in [-0.4, -0.2) is 26.1 Å². The van der Waals surface area contributed by atoms with Crippen molar-refractivity contribution >= 4 is 5.97 Å². The van der Waals surface area contributed by atoms with Crippen molar-refractivity contribution in [3.8, 4) is 5.69 Å². The van der Waals surface area contributed by atoms with Crippen molar-refractivity contribution in [3.63, 3.8) is 0 Å². The Hall–Kier alpha value is -2.17. The largest absolute Gasteiger partial charge is 0.478 e. The van der Waals surface area contributed by atoms with Crippen LogP contribution in [0.4, 0.5) is 0 Å². The molecule has 19 heavy (non-hydrogen) atoms. The van der Waals surface area contributed by atoms with Crippen LogP contribution in [0.25, 0.3) is 5.69 Å². The van der Waals surface area contributed by atoms with Crippen molar-refractivity contribution in [2.24, 2.45) is 5.92 Å². The number of aromatic carboxylic acids is 1. The summed E-state index contributed by atoms with van der Waals surface area (Å²) in [6, 6.07) is 6.74. The van der Waals surface area contributed by atoms with Gasteiger partial charge < -0.3 is 5.11 Å². The van der Waals surface area contributed by atoms with E-state index in [-0.39, 0.29) is 5.56 Å². The summed E-state index contributed by atoms with van der Waals surface area (Å²) in [6.45, 7) is 2.23. The molecular weight excluding hydrogens is 242 g/mol. The molecule has 0 saturated carbocycles. The Morgan fingerprint density at radius 2 is 2.11 bits per heavy atom. The lowest BCUT2D eigenvalue weighted by atomic mass is 9.91. The number of fused-ring (bicyclic) bond motifs is 1. The van der Waals surface area contributed by atoms with Crippen LogP contribution >= 0.6 is 0 Å². The van der Waals surface area contributed by atoms with Crippen molar-refractivity contribution in [1.82, 2.24) is 15.0 Å². The van der Waals surface area contributed by atoms with Gasteiger partial charge in [-0.1, -0.05) is 12.1 Å². The van der Waals surface area contributed by atoms with Crippen LogP contribution in [0.15, 0.2) is 24.3 Å². The van der Waals surface area contributed by atoms with Crippen LogP contribution in [0, 0.1) is 5.92 Å².